The van der Waals surface area contributed by atoms with Crippen molar-refractivity contribution in [1.82, 2.24) is 36.5 Å². The van der Waals surface area contributed by atoms with Gasteiger partial charge in [-0.15, -0.1) is 0 Å². The Morgan fingerprint density at radius 1 is 0.914 bits per heavy atom. The van der Waals surface area contributed by atoms with E-state index in [0.29, 0.717) is 24.8 Å². The molecule has 58 heavy (non-hydrogen) atoms. The molecule has 1 aromatic carbocycles. The third-order valence-corrected chi connectivity index (χ3v) is 12.3. The molecule has 0 aliphatic carbocycles. The van der Waals surface area contributed by atoms with E-state index < -0.39 is 100 Å². The maximum Gasteiger partial charge on any atom is 0.305 e. The number of primary amides is 1. The van der Waals surface area contributed by atoms with E-state index in [-0.39, 0.29) is 56.2 Å². The van der Waals surface area contributed by atoms with Gasteiger partial charge in [-0.3, -0.25) is 43.3 Å². The van der Waals surface area contributed by atoms with Crippen LogP contribution in [-0.4, -0.2) is 134 Å². The summed E-state index contributed by atoms with van der Waals surface area (Å²) in [6, 6.07) is 0.572. The molecule has 21 nitrogen and oxygen atoms in total. The summed E-state index contributed by atoms with van der Waals surface area (Å²) >= 11 is 0. The number of rotatable bonds is 10. The molecular weight excluding hydrogens is 799 g/mol. The molecule has 0 spiro atoms. The molecule has 0 radical (unpaired) electrons. The zero-order valence-electron chi connectivity index (χ0n) is 31.5. The number of nitrogens with one attached hydrogen (secondary N) is 6. The van der Waals surface area contributed by atoms with Gasteiger partial charge >= 0.3 is 5.97 Å². The van der Waals surface area contributed by atoms with Crippen molar-refractivity contribution in [2.45, 2.75) is 81.6 Å². The van der Waals surface area contributed by atoms with E-state index in [4.69, 9.17) is 17.2 Å². The molecule has 4 rings (SSSR count). The predicted molar refractivity (Wildman–Crippen MR) is 214 cm³/mol. The topological polar surface area (TPSA) is 343 Å². The van der Waals surface area contributed by atoms with Crippen molar-refractivity contribution < 1.29 is 47.7 Å². The highest BCUT2D eigenvalue weighted by Gasteiger charge is 2.40. The van der Waals surface area contributed by atoms with Gasteiger partial charge in [0.15, 0.2) is 5.96 Å². The minimum atomic E-state index is -1.74. The molecule has 2 saturated heterocycles. The van der Waals surface area contributed by atoms with Crippen molar-refractivity contribution in [3.05, 3.63) is 36.0 Å². The monoisotopic (exact) mass is 847 g/mol. The number of hydrogen-bond donors (Lipinski definition) is 10. The summed E-state index contributed by atoms with van der Waals surface area (Å²) in [6.45, 7) is -0.367. The van der Waals surface area contributed by atoms with Gasteiger partial charge in [-0.1, -0.05) is 29.0 Å². The van der Waals surface area contributed by atoms with Gasteiger partial charge in [0.1, 0.15) is 30.2 Å². The second-order valence-corrected chi connectivity index (χ2v) is 17.1. The van der Waals surface area contributed by atoms with Crippen molar-refractivity contribution in [3.8, 4) is 0 Å². The number of para-hydroxylation sites is 1. The number of fused-ring (bicyclic) bond motifs is 2. The summed E-state index contributed by atoms with van der Waals surface area (Å²) < 4.78 is 12.9. The van der Waals surface area contributed by atoms with Crippen LogP contribution in [0.25, 0.3) is 10.9 Å². The van der Waals surface area contributed by atoms with E-state index in [1.54, 1.807) is 24.4 Å². The number of guanidine groups is 1. The Labute approximate surface area is 339 Å². The number of carbonyl (C=O) groups is 8. The van der Waals surface area contributed by atoms with Gasteiger partial charge in [-0.2, -0.15) is 0 Å². The van der Waals surface area contributed by atoms with Crippen LogP contribution in [-0.2, 0) is 54.6 Å². The zero-order valence-corrected chi connectivity index (χ0v) is 33.2. The Kier molecular flexibility index (Phi) is 16.8. The van der Waals surface area contributed by atoms with Crippen LogP contribution in [0.4, 0.5) is 0 Å². The Morgan fingerprint density at radius 3 is 2.38 bits per heavy atom. The number of hydrogen-bond acceptors (Lipinski definition) is 11. The first-order valence-corrected chi connectivity index (χ1v) is 21.4. The largest absolute Gasteiger partial charge is 0.481 e. The van der Waals surface area contributed by atoms with Crippen molar-refractivity contribution in [1.29, 1.82) is 0 Å². The van der Waals surface area contributed by atoms with Gasteiger partial charge in [0.25, 0.3) is 0 Å². The fraction of sp³-hybridized carbons (Fsp3) is 0.514. The minimum absolute atomic E-state index is 0.0882. The molecule has 2 aliphatic heterocycles. The Hall–Kier alpha value is -5.71. The Morgan fingerprint density at radius 2 is 1.66 bits per heavy atom. The van der Waals surface area contributed by atoms with E-state index >= 15 is 0 Å². The normalized spacial score (nSPS) is 24.7. The van der Waals surface area contributed by atoms with Crippen LogP contribution < -0.4 is 43.8 Å². The molecule has 6 atom stereocenters. The van der Waals surface area contributed by atoms with Gasteiger partial charge in [-0.25, -0.2) is 4.21 Å². The quantitative estimate of drug-likeness (QED) is 0.0493. The molecule has 316 valence electrons. The van der Waals surface area contributed by atoms with Gasteiger partial charge in [0.2, 0.25) is 41.4 Å². The summed E-state index contributed by atoms with van der Waals surface area (Å²) in [6.07, 6.45) is 1.84. The number of aromatic amines is 1. The van der Waals surface area contributed by atoms with Crippen LogP contribution in [0.5, 0.6) is 0 Å². The molecule has 23 heteroatoms. The molecule has 0 saturated carbocycles. The molecular formula is C35H49N11O10S2. The van der Waals surface area contributed by atoms with Gasteiger partial charge in [0, 0.05) is 54.5 Å². The number of amides is 7. The second-order valence-electron chi connectivity index (χ2n) is 13.7. The second kappa shape index (κ2) is 21.7. The highest BCUT2D eigenvalue weighted by Crippen LogP contribution is 2.23. The predicted octanol–water partition coefficient (Wildman–Crippen LogP) is -3.04. The number of aliphatic imine (C=N–C) groups is 1. The average Bonchev–Trinajstić information content (AvgIpc) is 3.83. The molecule has 13 N–H and O–H groups in total. The number of carbonyl (C=O) groups excluding carboxylic acids is 7. The Balaban J connectivity index is 1.64. The molecule has 1 aromatic heterocycles. The van der Waals surface area contributed by atoms with E-state index in [9.17, 15) is 47.7 Å². The van der Waals surface area contributed by atoms with Gasteiger partial charge in [-0.05, 0) is 43.7 Å². The third-order valence-electron chi connectivity index (χ3n) is 9.37. The van der Waals surface area contributed by atoms with Crippen LogP contribution in [0.1, 0.15) is 50.5 Å². The first kappa shape index (κ1) is 45.0. The summed E-state index contributed by atoms with van der Waals surface area (Å²) in [5.74, 6) is -7.71. The molecule has 2 aliphatic rings. The van der Waals surface area contributed by atoms with Crippen molar-refractivity contribution in [3.63, 3.8) is 0 Å². The number of carboxylic acid groups (broad SMARTS) is 1. The number of H-pyrrole nitrogens is 1. The standard InChI is InChI=1S/C35H49N11O10S2/c36-30(51)25-18-57-58(56)13-10-27(47)42-22(8-3-4-11-39-35(37)38)31(52)41-17-28(48)43-23(15-29(49)50)32(53)44-24(14-19-16-40-21-7-2-1-6-20(19)21)34(55)46-12-5-9-26(46)33(54)45-25/h1-2,6-7,16,22-26,40H,3-5,8-15,17-18H2,(H2,36,51)(H,41,52)(H,42,47)(H,43,48)(H,44,53)(H,45,54)(H,49,50)(H4,37,38,39)/t22-,23-,24-,25-,26-,58?/m0/s1. The number of aliphatic carboxylic acids is 1. The fourth-order valence-electron chi connectivity index (χ4n) is 6.46. The van der Waals surface area contributed by atoms with Crippen molar-refractivity contribution >= 4 is 84.8 Å². The number of unbranched alkanes of at least 4 members (excludes halogenated alkanes) is 1. The maximum absolute atomic E-state index is 14.3. The SMILES string of the molecule is NC(=O)[C@@H]1CSS(=O)CCC(=O)N[C@@H](CCCCN=C(N)N)C(=O)NCC(=O)N[C@@H](CC(=O)O)C(=O)N[C@@H](Cc2c[nH]c3ccccc23)C(=O)N2CCC[C@H]2C(=O)N1. The number of carboxylic acids is 1. The molecule has 3 heterocycles. The van der Waals surface area contributed by atoms with Crippen LogP contribution in [0.3, 0.4) is 0 Å². The highest BCUT2D eigenvalue weighted by atomic mass is 33.1. The average molecular weight is 848 g/mol. The van der Waals surface area contributed by atoms with Crippen LogP contribution in [0.2, 0.25) is 0 Å². The Bertz CT molecular complexity index is 1920. The smallest absolute Gasteiger partial charge is 0.305 e. The zero-order chi connectivity index (χ0) is 42.4. The first-order chi connectivity index (χ1) is 27.6. The molecule has 7 amide bonds. The number of aromatic nitrogens is 1. The van der Waals surface area contributed by atoms with Crippen LogP contribution in [0, 0.1) is 0 Å². The molecule has 0 bridgehead atoms. The van der Waals surface area contributed by atoms with E-state index in [0.717, 1.165) is 21.7 Å². The number of benzene rings is 1. The van der Waals surface area contributed by atoms with Crippen molar-refractivity contribution in [2.24, 2.45) is 22.2 Å². The number of nitrogens with two attached hydrogens (primary N) is 3. The van der Waals surface area contributed by atoms with Crippen molar-refractivity contribution in [2.75, 3.05) is 31.1 Å². The summed E-state index contributed by atoms with van der Waals surface area (Å²) in [5.41, 5.74) is 17.7. The summed E-state index contributed by atoms with van der Waals surface area (Å²) in [7, 11) is -0.962. The van der Waals surface area contributed by atoms with E-state index in [2.05, 4.69) is 36.6 Å². The van der Waals surface area contributed by atoms with Gasteiger partial charge in [0.05, 0.1) is 22.8 Å². The minimum Gasteiger partial charge on any atom is -0.481 e. The lowest BCUT2D eigenvalue weighted by molar-refractivity contribution is -0.143. The lowest BCUT2D eigenvalue weighted by Gasteiger charge is -2.30. The molecule has 2 aromatic rings. The third kappa shape index (κ3) is 13.5. The summed E-state index contributed by atoms with van der Waals surface area (Å²) in [4.78, 5) is 114. The van der Waals surface area contributed by atoms with Gasteiger partial charge < -0.3 is 58.8 Å². The number of nitrogens with zero attached hydrogens (tertiary/aromatic N) is 2. The maximum atomic E-state index is 14.3. The lowest BCUT2D eigenvalue weighted by Crippen LogP contribution is -2.59. The highest BCUT2D eigenvalue weighted by molar-refractivity contribution is 8.69. The van der Waals surface area contributed by atoms with E-state index in [1.807, 2.05) is 6.07 Å². The van der Waals surface area contributed by atoms with E-state index in [1.165, 1.54) is 4.90 Å². The summed E-state index contributed by atoms with van der Waals surface area (Å²) in [5, 5.41) is 22.8. The molecule has 1 unspecified atom stereocenters. The first-order valence-electron chi connectivity index (χ1n) is 18.5. The van der Waals surface area contributed by atoms with Crippen LogP contribution in [0.15, 0.2) is 35.5 Å². The lowest BCUT2D eigenvalue weighted by atomic mass is 10.0. The molecule has 2 fully saturated rings. The van der Waals surface area contributed by atoms with Crippen LogP contribution >= 0.6 is 10.8 Å². The fourth-order valence-corrected chi connectivity index (χ4v) is 8.93.